The van der Waals surface area contributed by atoms with Gasteiger partial charge in [0.2, 0.25) is 11.8 Å². The zero-order chi connectivity index (χ0) is 21.7. The van der Waals surface area contributed by atoms with Crippen molar-refractivity contribution in [1.29, 1.82) is 0 Å². The molecule has 1 atom stereocenters. The van der Waals surface area contributed by atoms with Gasteiger partial charge in [-0.15, -0.1) is 0 Å². The van der Waals surface area contributed by atoms with E-state index in [0.29, 0.717) is 48.3 Å². The number of halogens is 2. The monoisotopic (exact) mass is 449 g/mol. The molecule has 0 spiro atoms. The summed E-state index contributed by atoms with van der Waals surface area (Å²) in [6.07, 6.45) is 0.334. The summed E-state index contributed by atoms with van der Waals surface area (Å²) in [7, 11) is 1.61. The van der Waals surface area contributed by atoms with Gasteiger partial charge in [0.25, 0.3) is 0 Å². The topological polar surface area (TPSA) is 61.9 Å². The van der Waals surface area contributed by atoms with Gasteiger partial charge in [0, 0.05) is 31.2 Å². The molecule has 8 heteroatoms. The summed E-state index contributed by atoms with van der Waals surface area (Å²) >= 11 is 12.1. The van der Waals surface area contributed by atoms with E-state index >= 15 is 0 Å². The summed E-state index contributed by atoms with van der Waals surface area (Å²) in [6.45, 7) is 4.27. The highest BCUT2D eigenvalue weighted by Gasteiger charge is 2.27. The zero-order valence-electron chi connectivity index (χ0n) is 17.0. The minimum Gasteiger partial charge on any atom is -0.497 e. The number of nitrogens with one attached hydrogen (secondary N) is 1. The Labute approximate surface area is 186 Å². The lowest BCUT2D eigenvalue weighted by Crippen LogP contribution is -2.54. The van der Waals surface area contributed by atoms with E-state index in [-0.39, 0.29) is 17.9 Å². The summed E-state index contributed by atoms with van der Waals surface area (Å²) in [5.41, 5.74) is 1.42. The van der Waals surface area contributed by atoms with Crippen LogP contribution in [0.4, 0.5) is 5.69 Å². The van der Waals surface area contributed by atoms with E-state index in [9.17, 15) is 9.59 Å². The normalized spacial score (nSPS) is 15.5. The van der Waals surface area contributed by atoms with Gasteiger partial charge in [-0.05, 0) is 42.8 Å². The second-order valence-corrected chi connectivity index (χ2v) is 8.08. The van der Waals surface area contributed by atoms with Crippen molar-refractivity contribution >= 4 is 40.7 Å². The minimum atomic E-state index is -0.351. The van der Waals surface area contributed by atoms with E-state index in [2.05, 4.69) is 10.2 Å². The lowest BCUT2D eigenvalue weighted by molar-refractivity contribution is -0.133. The lowest BCUT2D eigenvalue weighted by atomic mass is 10.1. The molecule has 6 nitrogen and oxygen atoms in total. The first kappa shape index (κ1) is 22.4. The predicted octanol–water partition coefficient (Wildman–Crippen LogP) is 3.72. The second-order valence-electron chi connectivity index (χ2n) is 7.23. The Morgan fingerprint density at radius 2 is 1.83 bits per heavy atom. The van der Waals surface area contributed by atoms with Gasteiger partial charge in [0.05, 0.1) is 30.3 Å². The molecule has 1 fully saturated rings. The molecule has 2 aromatic carbocycles. The first-order valence-electron chi connectivity index (χ1n) is 9.78. The number of carbonyl (C=O) groups is 2. The Morgan fingerprint density at radius 1 is 1.10 bits per heavy atom. The number of amides is 2. The van der Waals surface area contributed by atoms with Gasteiger partial charge >= 0.3 is 0 Å². The SMILES string of the molecule is COc1cccc(CC(=O)N2CCN(C(C)C(=O)Nc3cc(Cl)ccc3Cl)CC2)c1. The average molecular weight is 450 g/mol. The molecule has 1 saturated heterocycles. The highest BCUT2D eigenvalue weighted by Crippen LogP contribution is 2.26. The molecule has 0 radical (unpaired) electrons. The molecule has 1 aliphatic rings. The van der Waals surface area contributed by atoms with Crippen molar-refractivity contribution < 1.29 is 14.3 Å². The fourth-order valence-electron chi connectivity index (χ4n) is 3.42. The first-order valence-corrected chi connectivity index (χ1v) is 10.5. The molecule has 0 saturated carbocycles. The van der Waals surface area contributed by atoms with E-state index in [1.165, 1.54) is 0 Å². The van der Waals surface area contributed by atoms with Gasteiger partial charge < -0.3 is 15.0 Å². The number of hydrogen-bond acceptors (Lipinski definition) is 4. The average Bonchev–Trinajstić information content (AvgIpc) is 2.76. The Morgan fingerprint density at radius 3 is 2.53 bits per heavy atom. The van der Waals surface area contributed by atoms with Crippen molar-refractivity contribution in [2.75, 3.05) is 38.6 Å². The van der Waals surface area contributed by atoms with Crippen LogP contribution in [0, 0.1) is 0 Å². The second kappa shape index (κ2) is 10.2. The number of methoxy groups -OCH3 is 1. The standard InChI is InChI=1S/C22H25Cl2N3O3/c1-15(22(29)25-20-14-17(23)6-7-19(20)24)26-8-10-27(11-9-26)21(28)13-16-4-3-5-18(12-16)30-2/h3-7,12,14-15H,8-11,13H2,1-2H3,(H,25,29). The summed E-state index contributed by atoms with van der Waals surface area (Å²) < 4.78 is 5.22. The largest absolute Gasteiger partial charge is 0.497 e. The van der Waals surface area contributed by atoms with Crippen LogP contribution in [0.5, 0.6) is 5.75 Å². The molecular weight excluding hydrogens is 425 g/mol. The van der Waals surface area contributed by atoms with Crippen LogP contribution in [0.15, 0.2) is 42.5 Å². The zero-order valence-corrected chi connectivity index (χ0v) is 18.5. The molecule has 2 aromatic rings. The molecular formula is C22H25Cl2N3O3. The van der Waals surface area contributed by atoms with Gasteiger partial charge in [-0.25, -0.2) is 0 Å². The van der Waals surface area contributed by atoms with Crippen LogP contribution in [0.1, 0.15) is 12.5 Å². The first-order chi connectivity index (χ1) is 14.4. The fourth-order valence-corrected chi connectivity index (χ4v) is 3.76. The minimum absolute atomic E-state index is 0.0747. The summed E-state index contributed by atoms with van der Waals surface area (Å²) in [6, 6.07) is 12.1. The number of piperazine rings is 1. The van der Waals surface area contributed by atoms with Crippen molar-refractivity contribution in [1.82, 2.24) is 9.80 Å². The molecule has 160 valence electrons. The molecule has 1 aliphatic heterocycles. The maximum atomic E-state index is 12.6. The van der Waals surface area contributed by atoms with E-state index in [1.54, 1.807) is 25.3 Å². The molecule has 3 rings (SSSR count). The number of ether oxygens (including phenoxy) is 1. The van der Waals surface area contributed by atoms with Crippen molar-refractivity contribution in [3.05, 3.63) is 58.1 Å². The molecule has 2 amide bonds. The highest BCUT2D eigenvalue weighted by atomic mass is 35.5. The number of anilines is 1. The Hall–Kier alpha value is -2.28. The third-order valence-electron chi connectivity index (χ3n) is 5.27. The number of nitrogens with zero attached hydrogens (tertiary/aromatic N) is 2. The number of carbonyl (C=O) groups excluding carboxylic acids is 2. The van der Waals surface area contributed by atoms with Crippen LogP contribution in [0.3, 0.4) is 0 Å². The molecule has 0 aromatic heterocycles. The van der Waals surface area contributed by atoms with Crippen LogP contribution in [-0.2, 0) is 16.0 Å². The smallest absolute Gasteiger partial charge is 0.241 e. The third kappa shape index (κ3) is 5.65. The lowest BCUT2D eigenvalue weighted by Gasteiger charge is -2.37. The highest BCUT2D eigenvalue weighted by molar-refractivity contribution is 6.35. The number of benzene rings is 2. The third-order valence-corrected chi connectivity index (χ3v) is 5.83. The van der Waals surface area contributed by atoms with Crippen LogP contribution in [-0.4, -0.2) is 60.9 Å². The Kier molecular flexibility index (Phi) is 7.58. The van der Waals surface area contributed by atoms with Crippen LogP contribution in [0.2, 0.25) is 10.0 Å². The fraction of sp³-hybridized carbons (Fsp3) is 0.364. The molecule has 1 unspecified atom stereocenters. The van der Waals surface area contributed by atoms with Crippen molar-refractivity contribution in [2.24, 2.45) is 0 Å². The van der Waals surface area contributed by atoms with Gasteiger partial charge in [-0.3, -0.25) is 14.5 Å². The molecule has 30 heavy (non-hydrogen) atoms. The molecule has 0 aliphatic carbocycles. The number of hydrogen-bond donors (Lipinski definition) is 1. The predicted molar refractivity (Wildman–Crippen MR) is 119 cm³/mol. The maximum absolute atomic E-state index is 12.6. The quantitative estimate of drug-likeness (QED) is 0.729. The maximum Gasteiger partial charge on any atom is 0.241 e. The van der Waals surface area contributed by atoms with Gasteiger partial charge in [0.1, 0.15) is 5.75 Å². The number of rotatable bonds is 6. The summed E-state index contributed by atoms with van der Waals surface area (Å²) in [4.78, 5) is 29.2. The van der Waals surface area contributed by atoms with Gasteiger partial charge in [-0.2, -0.15) is 0 Å². The van der Waals surface area contributed by atoms with Crippen LogP contribution >= 0.6 is 23.2 Å². The van der Waals surface area contributed by atoms with E-state index < -0.39 is 0 Å². The van der Waals surface area contributed by atoms with Crippen molar-refractivity contribution in [2.45, 2.75) is 19.4 Å². The van der Waals surface area contributed by atoms with E-state index in [4.69, 9.17) is 27.9 Å². The van der Waals surface area contributed by atoms with E-state index in [0.717, 1.165) is 11.3 Å². The van der Waals surface area contributed by atoms with Crippen molar-refractivity contribution in [3.8, 4) is 5.75 Å². The van der Waals surface area contributed by atoms with E-state index in [1.807, 2.05) is 36.1 Å². The summed E-state index contributed by atoms with van der Waals surface area (Å²) in [5.74, 6) is 0.658. The molecule has 1 heterocycles. The van der Waals surface area contributed by atoms with Gasteiger partial charge in [-0.1, -0.05) is 35.3 Å². The molecule has 1 N–H and O–H groups in total. The van der Waals surface area contributed by atoms with Crippen LogP contribution < -0.4 is 10.1 Å². The molecule has 0 bridgehead atoms. The summed E-state index contributed by atoms with van der Waals surface area (Å²) in [5, 5.41) is 3.78. The van der Waals surface area contributed by atoms with Gasteiger partial charge in [0.15, 0.2) is 0 Å². The Bertz CT molecular complexity index is 914. The van der Waals surface area contributed by atoms with Crippen molar-refractivity contribution in [3.63, 3.8) is 0 Å². The van der Waals surface area contributed by atoms with Crippen LogP contribution in [0.25, 0.3) is 0 Å². The Balaban J connectivity index is 1.52.